The van der Waals surface area contributed by atoms with Gasteiger partial charge in [0.05, 0.1) is 22.9 Å². The van der Waals surface area contributed by atoms with Crippen LogP contribution in [-0.4, -0.2) is 35.9 Å². The van der Waals surface area contributed by atoms with Crippen molar-refractivity contribution in [2.45, 2.75) is 39.2 Å². The Labute approximate surface area is 160 Å². The van der Waals surface area contributed by atoms with Crippen LogP contribution in [0.2, 0.25) is 0 Å². The second-order valence-electron chi connectivity index (χ2n) is 7.02. The molecule has 1 heterocycles. The Balaban J connectivity index is 1.82. The number of benzene rings is 2. The quantitative estimate of drug-likeness (QED) is 0.856. The van der Waals surface area contributed by atoms with Crippen LogP contribution >= 0.6 is 0 Å². The summed E-state index contributed by atoms with van der Waals surface area (Å²) in [6.07, 6.45) is 3.18. The molecule has 27 heavy (non-hydrogen) atoms. The number of ether oxygens (including phenoxy) is 1. The van der Waals surface area contributed by atoms with Crippen molar-refractivity contribution in [1.82, 2.24) is 4.90 Å². The van der Waals surface area contributed by atoms with E-state index < -0.39 is 0 Å². The first-order chi connectivity index (χ1) is 13.1. The molecule has 2 amide bonds. The predicted molar refractivity (Wildman–Crippen MR) is 106 cm³/mol. The maximum absolute atomic E-state index is 12.9. The number of likely N-dealkylation sites (tertiary alicyclic amines) is 1. The standard InChI is InChI=1S/C22H26N2O3/c1-16(2)27-20-13-7-5-11-18(20)21(25)23-19-12-6-4-10-17(19)22(26)24-14-8-3-9-15-24/h4-7,10-13,16H,3,8-9,14-15H2,1-2H3,(H,23,25). The van der Waals surface area contributed by atoms with Gasteiger partial charge in [-0.15, -0.1) is 0 Å². The number of rotatable bonds is 5. The highest BCUT2D eigenvalue weighted by molar-refractivity contribution is 6.10. The first kappa shape index (κ1) is 19.0. The van der Waals surface area contributed by atoms with Gasteiger partial charge < -0.3 is 15.0 Å². The minimum absolute atomic E-state index is 0.0303. The fourth-order valence-corrected chi connectivity index (χ4v) is 3.25. The SMILES string of the molecule is CC(C)Oc1ccccc1C(=O)Nc1ccccc1C(=O)N1CCCCC1. The monoisotopic (exact) mass is 366 g/mol. The van der Waals surface area contributed by atoms with Gasteiger partial charge in [0.2, 0.25) is 0 Å². The lowest BCUT2D eigenvalue weighted by molar-refractivity contribution is 0.0725. The van der Waals surface area contributed by atoms with E-state index in [-0.39, 0.29) is 17.9 Å². The van der Waals surface area contributed by atoms with Gasteiger partial charge in [0.15, 0.2) is 0 Å². The molecule has 1 fully saturated rings. The minimum Gasteiger partial charge on any atom is -0.490 e. The molecule has 1 aliphatic heterocycles. The van der Waals surface area contributed by atoms with Crippen LogP contribution in [0.5, 0.6) is 5.75 Å². The average molecular weight is 366 g/mol. The number of anilines is 1. The molecule has 1 aliphatic rings. The Morgan fingerprint density at radius 1 is 0.926 bits per heavy atom. The Morgan fingerprint density at radius 3 is 2.26 bits per heavy atom. The number of nitrogens with one attached hydrogen (secondary N) is 1. The number of hydrogen-bond donors (Lipinski definition) is 1. The van der Waals surface area contributed by atoms with Crippen LogP contribution in [0.1, 0.15) is 53.8 Å². The van der Waals surface area contributed by atoms with Crippen LogP contribution in [-0.2, 0) is 0 Å². The van der Waals surface area contributed by atoms with Crippen LogP contribution in [0.15, 0.2) is 48.5 Å². The molecule has 0 bridgehead atoms. The summed E-state index contributed by atoms with van der Waals surface area (Å²) in [4.78, 5) is 27.6. The molecular formula is C22H26N2O3. The number of carbonyl (C=O) groups is 2. The third-order valence-corrected chi connectivity index (χ3v) is 4.54. The average Bonchev–Trinajstić information content (AvgIpc) is 2.68. The second-order valence-corrected chi connectivity index (χ2v) is 7.02. The maximum atomic E-state index is 12.9. The fraction of sp³-hybridized carbons (Fsp3) is 0.364. The lowest BCUT2D eigenvalue weighted by atomic mass is 10.1. The third kappa shape index (κ3) is 4.67. The third-order valence-electron chi connectivity index (χ3n) is 4.54. The van der Waals surface area contributed by atoms with E-state index >= 15 is 0 Å². The normalized spacial score (nSPS) is 14.1. The highest BCUT2D eigenvalue weighted by Crippen LogP contribution is 2.24. The lowest BCUT2D eigenvalue weighted by Gasteiger charge is -2.27. The molecule has 142 valence electrons. The van der Waals surface area contributed by atoms with Gasteiger partial charge in [-0.3, -0.25) is 9.59 Å². The zero-order valence-corrected chi connectivity index (χ0v) is 15.9. The molecule has 5 nitrogen and oxygen atoms in total. The Hall–Kier alpha value is -2.82. The summed E-state index contributed by atoms with van der Waals surface area (Å²) in [6.45, 7) is 5.38. The zero-order chi connectivity index (χ0) is 19.2. The molecule has 0 saturated carbocycles. The van der Waals surface area contributed by atoms with Gasteiger partial charge >= 0.3 is 0 Å². The smallest absolute Gasteiger partial charge is 0.259 e. The maximum Gasteiger partial charge on any atom is 0.259 e. The van der Waals surface area contributed by atoms with Crippen LogP contribution in [0, 0.1) is 0 Å². The van der Waals surface area contributed by atoms with Crippen LogP contribution < -0.4 is 10.1 Å². The summed E-state index contributed by atoms with van der Waals surface area (Å²) < 4.78 is 5.74. The van der Waals surface area contributed by atoms with Crippen molar-refractivity contribution in [2.75, 3.05) is 18.4 Å². The number of hydrogen-bond acceptors (Lipinski definition) is 3. The lowest BCUT2D eigenvalue weighted by Crippen LogP contribution is -2.36. The predicted octanol–water partition coefficient (Wildman–Crippen LogP) is 4.35. The number of nitrogens with zero attached hydrogens (tertiary/aromatic N) is 1. The first-order valence-electron chi connectivity index (χ1n) is 9.51. The van der Waals surface area contributed by atoms with E-state index in [1.54, 1.807) is 30.3 Å². The summed E-state index contributed by atoms with van der Waals surface area (Å²) in [5, 5.41) is 2.89. The largest absolute Gasteiger partial charge is 0.490 e. The van der Waals surface area contributed by atoms with Gasteiger partial charge in [-0.25, -0.2) is 0 Å². The molecule has 1 N–H and O–H groups in total. The van der Waals surface area contributed by atoms with Gasteiger partial charge in [-0.1, -0.05) is 24.3 Å². The summed E-state index contributed by atoms with van der Waals surface area (Å²) in [5.41, 5.74) is 1.50. The number of carbonyl (C=O) groups excluding carboxylic acids is 2. The summed E-state index contributed by atoms with van der Waals surface area (Å²) in [7, 11) is 0. The minimum atomic E-state index is -0.287. The van der Waals surface area contributed by atoms with Crippen LogP contribution in [0.25, 0.3) is 0 Å². The van der Waals surface area contributed by atoms with E-state index in [9.17, 15) is 9.59 Å². The van der Waals surface area contributed by atoms with Crippen molar-refractivity contribution >= 4 is 17.5 Å². The molecule has 0 aliphatic carbocycles. The summed E-state index contributed by atoms with van der Waals surface area (Å²) in [5.74, 6) is 0.215. The van der Waals surface area contributed by atoms with Crippen molar-refractivity contribution < 1.29 is 14.3 Å². The van der Waals surface area contributed by atoms with E-state index in [2.05, 4.69) is 5.32 Å². The second kappa shape index (κ2) is 8.71. The van der Waals surface area contributed by atoms with E-state index in [4.69, 9.17) is 4.74 Å². The topological polar surface area (TPSA) is 58.6 Å². The Kier molecular flexibility index (Phi) is 6.12. The van der Waals surface area contributed by atoms with Crippen molar-refractivity contribution in [3.05, 3.63) is 59.7 Å². The van der Waals surface area contributed by atoms with Gasteiger partial charge in [0.25, 0.3) is 11.8 Å². The zero-order valence-electron chi connectivity index (χ0n) is 15.9. The van der Waals surface area contributed by atoms with Gasteiger partial charge in [-0.2, -0.15) is 0 Å². The summed E-state index contributed by atoms with van der Waals surface area (Å²) >= 11 is 0. The van der Waals surface area contributed by atoms with Crippen LogP contribution in [0.4, 0.5) is 5.69 Å². The molecule has 0 aromatic heterocycles. The van der Waals surface area contributed by atoms with Gasteiger partial charge in [-0.05, 0) is 57.4 Å². The molecular weight excluding hydrogens is 340 g/mol. The highest BCUT2D eigenvalue weighted by Gasteiger charge is 2.22. The van der Waals surface area contributed by atoms with E-state index in [1.165, 1.54) is 0 Å². The number of amides is 2. The van der Waals surface area contributed by atoms with E-state index in [0.717, 1.165) is 32.4 Å². The number of piperidine rings is 1. The molecule has 2 aromatic rings. The Morgan fingerprint density at radius 2 is 1.56 bits per heavy atom. The molecule has 2 aromatic carbocycles. The molecule has 0 atom stereocenters. The van der Waals surface area contributed by atoms with Gasteiger partial charge in [0.1, 0.15) is 5.75 Å². The van der Waals surface area contributed by atoms with Gasteiger partial charge in [0, 0.05) is 13.1 Å². The van der Waals surface area contributed by atoms with Crippen molar-refractivity contribution in [3.8, 4) is 5.75 Å². The molecule has 0 radical (unpaired) electrons. The molecule has 5 heteroatoms. The highest BCUT2D eigenvalue weighted by atomic mass is 16.5. The molecule has 0 spiro atoms. The number of para-hydroxylation sites is 2. The Bertz CT molecular complexity index is 811. The molecule has 3 rings (SSSR count). The van der Waals surface area contributed by atoms with Crippen molar-refractivity contribution in [1.29, 1.82) is 0 Å². The van der Waals surface area contributed by atoms with Crippen LogP contribution in [0.3, 0.4) is 0 Å². The summed E-state index contributed by atoms with van der Waals surface area (Å²) in [6, 6.07) is 14.3. The van der Waals surface area contributed by atoms with E-state index in [1.807, 2.05) is 36.9 Å². The van der Waals surface area contributed by atoms with Crippen molar-refractivity contribution in [3.63, 3.8) is 0 Å². The van der Waals surface area contributed by atoms with Crippen molar-refractivity contribution in [2.24, 2.45) is 0 Å². The fourth-order valence-electron chi connectivity index (χ4n) is 3.25. The molecule has 1 saturated heterocycles. The molecule has 0 unspecified atom stereocenters. The van der Waals surface area contributed by atoms with E-state index in [0.29, 0.717) is 22.6 Å². The first-order valence-corrected chi connectivity index (χ1v) is 9.51.